The summed E-state index contributed by atoms with van der Waals surface area (Å²) in [5.74, 6) is -1.74. The van der Waals surface area contributed by atoms with Gasteiger partial charge in [-0.25, -0.2) is 9.59 Å². The summed E-state index contributed by atoms with van der Waals surface area (Å²) in [6.45, 7) is 0. The molecule has 0 atom stereocenters. The maximum absolute atomic E-state index is 11.4. The number of benzene rings is 1. The molecule has 100 valence electrons. The standard InChI is InChI=1S/C10H10O7S.K.H/c1-16-9(11)6-3-4-8(18(13,14)15)7(5-6)10(12)17-2;;/h3-5H,1-2H3,(H,13,14,15);;. The molecule has 0 saturated carbocycles. The van der Waals surface area contributed by atoms with Crippen molar-refractivity contribution < 1.29 is 32.0 Å². The predicted octanol–water partition coefficient (Wildman–Crippen LogP) is -0.142. The van der Waals surface area contributed by atoms with Gasteiger partial charge < -0.3 is 9.47 Å². The van der Waals surface area contributed by atoms with Gasteiger partial charge in [0.05, 0.1) is 25.3 Å². The molecule has 0 amide bonds. The van der Waals surface area contributed by atoms with Crippen molar-refractivity contribution in [3.63, 3.8) is 0 Å². The van der Waals surface area contributed by atoms with Gasteiger partial charge in [0.15, 0.2) is 0 Å². The van der Waals surface area contributed by atoms with Crippen molar-refractivity contribution in [2.45, 2.75) is 4.90 Å². The van der Waals surface area contributed by atoms with Crippen LogP contribution in [-0.4, -0.2) is 90.5 Å². The quantitative estimate of drug-likeness (QED) is 0.470. The van der Waals surface area contributed by atoms with E-state index in [0.717, 1.165) is 32.4 Å². The van der Waals surface area contributed by atoms with Gasteiger partial charge in [-0.1, -0.05) is 0 Å². The molecule has 0 spiro atoms. The predicted molar refractivity (Wildman–Crippen MR) is 66.1 cm³/mol. The van der Waals surface area contributed by atoms with Crippen LogP contribution in [0.1, 0.15) is 20.7 Å². The molecule has 0 aliphatic rings. The molecular weight excluding hydrogens is 303 g/mol. The van der Waals surface area contributed by atoms with Gasteiger partial charge in [-0.15, -0.1) is 0 Å². The summed E-state index contributed by atoms with van der Waals surface area (Å²) in [5, 5.41) is 0. The first-order chi connectivity index (χ1) is 8.31. The van der Waals surface area contributed by atoms with Gasteiger partial charge in [-0.2, -0.15) is 8.42 Å². The van der Waals surface area contributed by atoms with Crippen LogP contribution in [0.4, 0.5) is 0 Å². The van der Waals surface area contributed by atoms with Crippen molar-refractivity contribution in [3.8, 4) is 0 Å². The minimum absolute atomic E-state index is 0. The fraction of sp³-hybridized carbons (Fsp3) is 0.200. The molecule has 0 heterocycles. The Kier molecular flexibility index (Phi) is 7.36. The molecule has 7 nitrogen and oxygen atoms in total. The third-order valence-corrected chi connectivity index (χ3v) is 3.00. The zero-order chi connectivity index (χ0) is 13.9. The number of carbonyl (C=O) groups excluding carboxylic acids is 2. The summed E-state index contributed by atoms with van der Waals surface area (Å²) in [5.41, 5.74) is -0.479. The Bertz CT molecular complexity index is 594. The van der Waals surface area contributed by atoms with E-state index in [2.05, 4.69) is 9.47 Å². The summed E-state index contributed by atoms with van der Waals surface area (Å²) in [7, 11) is -2.41. The molecule has 0 aliphatic carbocycles. The van der Waals surface area contributed by atoms with E-state index in [1.54, 1.807) is 0 Å². The Labute approximate surface area is 152 Å². The first kappa shape index (κ1) is 18.7. The molecule has 0 bridgehead atoms. The van der Waals surface area contributed by atoms with Gasteiger partial charge in [0, 0.05) is 0 Å². The zero-order valence-corrected chi connectivity index (χ0v) is 10.4. The van der Waals surface area contributed by atoms with Crippen molar-refractivity contribution >= 4 is 73.4 Å². The number of ether oxygens (including phenoxy) is 2. The van der Waals surface area contributed by atoms with Gasteiger partial charge >= 0.3 is 63.3 Å². The van der Waals surface area contributed by atoms with Crippen molar-refractivity contribution in [3.05, 3.63) is 29.3 Å². The van der Waals surface area contributed by atoms with Gasteiger partial charge in [-0.3, -0.25) is 4.55 Å². The first-order valence-corrected chi connectivity index (χ1v) is 6.03. The molecule has 0 fully saturated rings. The van der Waals surface area contributed by atoms with Gasteiger partial charge in [0.2, 0.25) is 0 Å². The fourth-order valence-electron chi connectivity index (χ4n) is 1.27. The molecule has 0 radical (unpaired) electrons. The number of rotatable bonds is 3. The minimum atomic E-state index is -4.59. The van der Waals surface area contributed by atoms with Crippen LogP contribution in [0.2, 0.25) is 0 Å². The molecule has 0 aromatic heterocycles. The van der Waals surface area contributed by atoms with Crippen molar-refractivity contribution in [1.29, 1.82) is 0 Å². The number of esters is 2. The Morgan fingerprint density at radius 2 is 1.63 bits per heavy atom. The van der Waals surface area contributed by atoms with Crippen molar-refractivity contribution in [2.75, 3.05) is 14.2 Å². The van der Waals surface area contributed by atoms with Gasteiger partial charge in [-0.05, 0) is 18.2 Å². The molecular formula is C10H11KO7S. The Morgan fingerprint density at radius 1 is 1.11 bits per heavy atom. The van der Waals surface area contributed by atoms with Gasteiger partial charge in [0.1, 0.15) is 4.90 Å². The summed E-state index contributed by atoms with van der Waals surface area (Å²) >= 11 is 0. The van der Waals surface area contributed by atoms with Gasteiger partial charge in [0.25, 0.3) is 10.1 Å². The molecule has 0 saturated heterocycles. The average Bonchev–Trinajstić information content (AvgIpc) is 2.35. The third-order valence-electron chi connectivity index (χ3n) is 2.08. The number of carbonyl (C=O) groups is 2. The zero-order valence-electron chi connectivity index (χ0n) is 9.54. The Balaban J connectivity index is 0.00000324. The normalized spacial score (nSPS) is 10.3. The van der Waals surface area contributed by atoms with Crippen LogP contribution in [0, 0.1) is 0 Å². The monoisotopic (exact) mass is 314 g/mol. The van der Waals surface area contributed by atoms with Crippen LogP contribution in [0.3, 0.4) is 0 Å². The topological polar surface area (TPSA) is 107 Å². The third kappa shape index (κ3) is 4.63. The van der Waals surface area contributed by atoms with E-state index >= 15 is 0 Å². The number of hydrogen-bond acceptors (Lipinski definition) is 6. The maximum atomic E-state index is 11.4. The van der Waals surface area contributed by atoms with Crippen LogP contribution in [0.5, 0.6) is 0 Å². The molecule has 9 heteroatoms. The van der Waals surface area contributed by atoms with Crippen molar-refractivity contribution in [2.24, 2.45) is 0 Å². The summed E-state index contributed by atoms with van der Waals surface area (Å²) in [6.07, 6.45) is 0. The summed E-state index contributed by atoms with van der Waals surface area (Å²) < 4.78 is 39.9. The van der Waals surface area contributed by atoms with E-state index in [-0.39, 0.29) is 56.9 Å². The van der Waals surface area contributed by atoms with Crippen LogP contribution in [0.15, 0.2) is 23.1 Å². The number of methoxy groups -OCH3 is 2. The molecule has 0 unspecified atom stereocenters. The van der Waals surface area contributed by atoms with E-state index < -0.39 is 32.5 Å². The van der Waals surface area contributed by atoms with E-state index in [0.29, 0.717) is 0 Å². The second-order valence-corrected chi connectivity index (χ2v) is 4.56. The van der Waals surface area contributed by atoms with Crippen LogP contribution in [0.25, 0.3) is 0 Å². The van der Waals surface area contributed by atoms with E-state index in [4.69, 9.17) is 4.55 Å². The van der Waals surface area contributed by atoms with Crippen LogP contribution < -0.4 is 0 Å². The first-order valence-electron chi connectivity index (χ1n) is 4.59. The van der Waals surface area contributed by atoms with E-state index in [1.807, 2.05) is 0 Å². The van der Waals surface area contributed by atoms with E-state index in [1.165, 1.54) is 0 Å². The molecule has 1 aromatic carbocycles. The summed E-state index contributed by atoms with van der Waals surface area (Å²) in [4.78, 5) is 22.0. The van der Waals surface area contributed by atoms with Crippen LogP contribution >= 0.6 is 0 Å². The Morgan fingerprint density at radius 3 is 2.05 bits per heavy atom. The summed E-state index contributed by atoms with van der Waals surface area (Å²) in [6, 6.07) is 3.01. The van der Waals surface area contributed by atoms with E-state index in [9.17, 15) is 18.0 Å². The Hall–Kier alpha value is -0.294. The molecule has 19 heavy (non-hydrogen) atoms. The molecule has 1 N–H and O–H groups in total. The SMILES string of the molecule is COC(=O)c1ccc(S(=O)(=O)O)c(C(=O)OC)c1.[KH]. The second-order valence-electron chi connectivity index (χ2n) is 3.17. The molecule has 1 aromatic rings. The fourth-order valence-corrected chi connectivity index (χ4v) is 1.93. The second kappa shape index (κ2) is 7.48. The average molecular weight is 314 g/mol. The number of hydrogen-bond donors (Lipinski definition) is 1. The van der Waals surface area contributed by atoms with Crippen molar-refractivity contribution in [1.82, 2.24) is 0 Å². The molecule has 1 rings (SSSR count). The molecule has 0 aliphatic heterocycles. The van der Waals surface area contributed by atoms with Crippen LogP contribution in [-0.2, 0) is 19.6 Å².